The minimum atomic E-state index is -4.70. The molecule has 2 aromatic carbocycles. The van der Waals surface area contributed by atoms with Gasteiger partial charge in [0.2, 0.25) is 5.91 Å². The van der Waals surface area contributed by atoms with Crippen molar-refractivity contribution in [2.24, 2.45) is 0 Å². The van der Waals surface area contributed by atoms with Crippen molar-refractivity contribution >= 4 is 18.3 Å². The number of amides is 1. The molecule has 1 amide bonds. The fraction of sp³-hybridized carbons (Fsp3) is 0.350. The molecule has 3 rings (SSSR count). The van der Waals surface area contributed by atoms with Crippen LogP contribution in [0.5, 0.6) is 5.75 Å². The maximum absolute atomic E-state index is 12.1. The summed E-state index contributed by atoms with van der Waals surface area (Å²) in [6.45, 7) is 1.39. The molecule has 1 aliphatic heterocycles. The van der Waals surface area contributed by atoms with Gasteiger partial charge in [-0.1, -0.05) is 36.4 Å². The molecule has 0 saturated heterocycles. The average Bonchev–Trinajstić information content (AvgIpc) is 2.64. The van der Waals surface area contributed by atoms with E-state index in [2.05, 4.69) is 27.5 Å². The van der Waals surface area contributed by atoms with Gasteiger partial charge in [-0.2, -0.15) is 0 Å². The highest BCUT2D eigenvalue weighted by molar-refractivity contribution is 5.85. The first-order valence-corrected chi connectivity index (χ1v) is 8.83. The van der Waals surface area contributed by atoms with Crippen LogP contribution < -0.4 is 15.4 Å². The number of nitrogens with one attached hydrogen (secondary N) is 2. The standard InChI is InChI=1S/C20H21F3N2O2.ClH/c21-20(22,23)27-16-8-5-14(6-9-16)7-10-19(26)25-13-18-17-4-2-1-3-15(17)11-12-24-18;/h1-6,8-9,18,24H,7,10-13H2,(H,25,26);1H. The van der Waals surface area contributed by atoms with E-state index in [1.54, 1.807) is 0 Å². The van der Waals surface area contributed by atoms with E-state index < -0.39 is 6.36 Å². The van der Waals surface area contributed by atoms with Gasteiger partial charge in [0.05, 0.1) is 0 Å². The Bertz CT molecular complexity index is 782. The summed E-state index contributed by atoms with van der Waals surface area (Å²) < 4.78 is 40.3. The smallest absolute Gasteiger partial charge is 0.406 e. The molecule has 8 heteroatoms. The van der Waals surface area contributed by atoms with Crippen molar-refractivity contribution in [3.8, 4) is 5.75 Å². The van der Waals surface area contributed by atoms with Crippen molar-refractivity contribution < 1.29 is 22.7 Å². The monoisotopic (exact) mass is 414 g/mol. The van der Waals surface area contributed by atoms with Gasteiger partial charge in [0, 0.05) is 19.0 Å². The van der Waals surface area contributed by atoms with E-state index in [-0.39, 0.29) is 36.5 Å². The molecule has 0 saturated carbocycles. The van der Waals surface area contributed by atoms with Crippen LogP contribution >= 0.6 is 12.4 Å². The third-order valence-corrected chi connectivity index (χ3v) is 4.52. The maximum Gasteiger partial charge on any atom is 0.573 e. The molecule has 0 aliphatic carbocycles. The van der Waals surface area contributed by atoms with Crippen LogP contribution in [0.25, 0.3) is 0 Å². The molecule has 0 radical (unpaired) electrons. The van der Waals surface area contributed by atoms with Gasteiger partial charge in [-0.05, 0) is 48.2 Å². The Hall–Kier alpha value is -2.25. The second kappa shape index (κ2) is 9.80. The lowest BCUT2D eigenvalue weighted by atomic mass is 9.94. The van der Waals surface area contributed by atoms with Crippen LogP contribution in [0.1, 0.15) is 29.2 Å². The molecule has 0 fully saturated rings. The molecule has 28 heavy (non-hydrogen) atoms. The Labute approximate surface area is 167 Å². The Kier molecular flexibility index (Phi) is 7.71. The summed E-state index contributed by atoms with van der Waals surface area (Å²) in [5, 5.41) is 6.34. The molecular formula is C20H22ClF3N2O2. The first-order chi connectivity index (χ1) is 12.9. The van der Waals surface area contributed by atoms with Crippen molar-refractivity contribution in [3.05, 3.63) is 65.2 Å². The Morgan fingerprint density at radius 2 is 1.86 bits per heavy atom. The van der Waals surface area contributed by atoms with Gasteiger partial charge in [0.25, 0.3) is 0 Å². The molecule has 0 bridgehead atoms. The van der Waals surface area contributed by atoms with E-state index in [1.165, 1.54) is 35.4 Å². The first-order valence-electron chi connectivity index (χ1n) is 8.83. The van der Waals surface area contributed by atoms with Gasteiger partial charge >= 0.3 is 6.36 Å². The zero-order chi connectivity index (χ0) is 19.3. The maximum atomic E-state index is 12.1. The van der Waals surface area contributed by atoms with E-state index in [4.69, 9.17) is 0 Å². The highest BCUT2D eigenvalue weighted by atomic mass is 35.5. The van der Waals surface area contributed by atoms with Crippen molar-refractivity contribution in [3.63, 3.8) is 0 Å². The van der Waals surface area contributed by atoms with E-state index >= 15 is 0 Å². The fourth-order valence-electron chi connectivity index (χ4n) is 3.19. The van der Waals surface area contributed by atoms with Gasteiger partial charge in [-0.25, -0.2) is 0 Å². The molecule has 1 unspecified atom stereocenters. The number of carbonyl (C=O) groups excluding carboxylic acids is 1. The number of ether oxygens (including phenoxy) is 1. The van der Waals surface area contributed by atoms with E-state index in [1.807, 2.05) is 12.1 Å². The average molecular weight is 415 g/mol. The normalized spacial score (nSPS) is 15.9. The Morgan fingerprint density at radius 1 is 1.14 bits per heavy atom. The van der Waals surface area contributed by atoms with Gasteiger partial charge in [0.15, 0.2) is 0 Å². The van der Waals surface area contributed by atoms with Gasteiger partial charge in [-0.3, -0.25) is 4.79 Å². The lowest BCUT2D eigenvalue weighted by Crippen LogP contribution is -2.38. The molecular weight excluding hydrogens is 393 g/mol. The molecule has 0 aromatic heterocycles. The second-order valence-electron chi connectivity index (χ2n) is 6.45. The summed E-state index contributed by atoms with van der Waals surface area (Å²) >= 11 is 0. The molecule has 2 N–H and O–H groups in total. The van der Waals surface area contributed by atoms with Crippen LogP contribution in [-0.4, -0.2) is 25.4 Å². The number of hydrogen-bond acceptors (Lipinski definition) is 3. The third kappa shape index (κ3) is 6.42. The summed E-state index contributed by atoms with van der Waals surface area (Å²) in [7, 11) is 0. The number of hydrogen-bond donors (Lipinski definition) is 2. The number of halogens is 4. The zero-order valence-corrected chi connectivity index (χ0v) is 15.9. The summed E-state index contributed by atoms with van der Waals surface area (Å²) in [5.41, 5.74) is 3.29. The quantitative estimate of drug-likeness (QED) is 0.752. The number of rotatable bonds is 6. The van der Waals surface area contributed by atoms with Gasteiger partial charge in [-0.15, -0.1) is 25.6 Å². The largest absolute Gasteiger partial charge is 0.573 e. The topological polar surface area (TPSA) is 50.4 Å². The van der Waals surface area contributed by atoms with Gasteiger partial charge in [0.1, 0.15) is 5.75 Å². The van der Waals surface area contributed by atoms with Crippen LogP contribution in [0, 0.1) is 0 Å². The van der Waals surface area contributed by atoms with Gasteiger partial charge < -0.3 is 15.4 Å². The van der Waals surface area contributed by atoms with Crippen LogP contribution in [0.3, 0.4) is 0 Å². The molecule has 2 aromatic rings. The van der Waals surface area contributed by atoms with E-state index in [9.17, 15) is 18.0 Å². The van der Waals surface area contributed by atoms with Crippen LogP contribution in [-0.2, 0) is 17.6 Å². The number of fused-ring (bicyclic) bond motifs is 1. The summed E-state index contributed by atoms with van der Waals surface area (Å²) in [6, 6.07) is 13.9. The molecule has 152 valence electrons. The second-order valence-corrected chi connectivity index (χ2v) is 6.45. The van der Waals surface area contributed by atoms with Crippen molar-refractivity contribution in [1.29, 1.82) is 0 Å². The number of aryl methyl sites for hydroxylation is 1. The molecule has 1 aliphatic rings. The Morgan fingerprint density at radius 3 is 2.57 bits per heavy atom. The first kappa shape index (κ1) is 22.0. The Balaban J connectivity index is 0.00000280. The minimum Gasteiger partial charge on any atom is -0.406 e. The van der Waals surface area contributed by atoms with E-state index in [0.29, 0.717) is 13.0 Å². The number of alkyl halides is 3. The van der Waals surface area contributed by atoms with Crippen LogP contribution in [0.4, 0.5) is 13.2 Å². The van der Waals surface area contributed by atoms with Crippen LogP contribution in [0.2, 0.25) is 0 Å². The summed E-state index contributed by atoms with van der Waals surface area (Å²) in [4.78, 5) is 12.1. The van der Waals surface area contributed by atoms with E-state index in [0.717, 1.165) is 18.5 Å². The lowest BCUT2D eigenvalue weighted by molar-refractivity contribution is -0.274. The summed E-state index contributed by atoms with van der Waals surface area (Å²) in [5.74, 6) is -0.354. The highest BCUT2D eigenvalue weighted by Crippen LogP contribution is 2.23. The minimum absolute atomic E-state index is 0. The lowest BCUT2D eigenvalue weighted by Gasteiger charge is -2.27. The predicted molar refractivity (Wildman–Crippen MR) is 103 cm³/mol. The SMILES string of the molecule is Cl.O=C(CCc1ccc(OC(F)(F)F)cc1)NCC1NCCc2ccccc21. The predicted octanol–water partition coefficient (Wildman–Crippen LogP) is 3.94. The number of benzene rings is 2. The van der Waals surface area contributed by atoms with Crippen LogP contribution in [0.15, 0.2) is 48.5 Å². The number of carbonyl (C=O) groups is 1. The molecule has 1 heterocycles. The van der Waals surface area contributed by atoms with Crippen molar-refractivity contribution in [2.45, 2.75) is 31.7 Å². The van der Waals surface area contributed by atoms with Crippen molar-refractivity contribution in [2.75, 3.05) is 13.1 Å². The molecule has 1 atom stereocenters. The fourth-order valence-corrected chi connectivity index (χ4v) is 3.19. The third-order valence-electron chi connectivity index (χ3n) is 4.52. The zero-order valence-electron chi connectivity index (χ0n) is 15.1. The molecule has 0 spiro atoms. The molecule has 4 nitrogen and oxygen atoms in total. The summed E-state index contributed by atoms with van der Waals surface area (Å²) in [6.07, 6.45) is -3.00. The van der Waals surface area contributed by atoms with Crippen molar-refractivity contribution in [1.82, 2.24) is 10.6 Å². The highest BCUT2D eigenvalue weighted by Gasteiger charge is 2.30.